The van der Waals surface area contributed by atoms with Crippen molar-refractivity contribution in [2.75, 3.05) is 66.7 Å². The van der Waals surface area contributed by atoms with Crippen molar-refractivity contribution in [2.45, 2.75) is 63.6 Å². The predicted octanol–water partition coefficient (Wildman–Crippen LogP) is 2.90. The van der Waals surface area contributed by atoms with Gasteiger partial charge in [0.1, 0.15) is 22.7 Å². The summed E-state index contributed by atoms with van der Waals surface area (Å²) in [5.41, 5.74) is -1.01. The Balaban J connectivity index is 2.43. The summed E-state index contributed by atoms with van der Waals surface area (Å²) in [5.74, 6) is -4.04. The molecule has 2 atom stereocenters. The number of nitrogens with zero attached hydrogens (tertiary/aromatic N) is 3. The molecule has 18 heteroatoms. The van der Waals surface area contributed by atoms with E-state index < -0.39 is 55.8 Å². The smallest absolute Gasteiger partial charge is 0.360 e. The zero-order chi connectivity index (χ0) is 43.9. The Morgan fingerprint density at radius 2 is 1.64 bits per heavy atom. The normalized spacial score (nSPS) is 18.1. The molecule has 2 aromatic carbocycles. The average Bonchev–Trinajstić information content (AvgIpc) is 3.32. The minimum Gasteiger partial charge on any atom is -0.495 e. The quantitative estimate of drug-likeness (QED) is 0.158. The Bertz CT molecular complexity index is 2250. The first kappa shape index (κ1) is 45.4. The third kappa shape index (κ3) is 8.05. The lowest BCUT2D eigenvalue weighted by atomic mass is 9.67. The Labute approximate surface area is 339 Å². The molecule has 0 saturated carbocycles. The van der Waals surface area contributed by atoms with Crippen LogP contribution in [0.3, 0.4) is 0 Å². The van der Waals surface area contributed by atoms with Crippen LogP contribution in [0.1, 0.15) is 95.0 Å². The standard InChI is InChI=1S/C40H55N7O10S/c1-37(2,3)22-18-26-31(28(19-22)57-23-14-15-43-27(20-23)34(49)42-7)47(10)40(56-12,36(51)52)39(26,45-58(13,53)54)30-25(38(4,5)6)21-24(33(41)48)32(55-11)29(30)35(50)44-16-17-46(8)9/h14-15,18-21,45H,16-17H2,1-13H3,(H2,41,48)(H,42,49)(H,44,50)(H,51,52). The lowest BCUT2D eigenvalue weighted by Crippen LogP contribution is -2.70. The van der Waals surface area contributed by atoms with E-state index in [1.54, 1.807) is 47.0 Å². The van der Waals surface area contributed by atoms with E-state index in [-0.39, 0.29) is 63.0 Å². The first-order valence-electron chi connectivity index (χ1n) is 18.3. The summed E-state index contributed by atoms with van der Waals surface area (Å²) in [6, 6.07) is 7.62. The van der Waals surface area contributed by atoms with Crippen LogP contribution in [-0.4, -0.2) is 115 Å². The van der Waals surface area contributed by atoms with Crippen molar-refractivity contribution in [1.29, 1.82) is 0 Å². The van der Waals surface area contributed by atoms with Gasteiger partial charge in [-0.05, 0) is 54.3 Å². The molecule has 0 radical (unpaired) electrons. The minimum absolute atomic E-state index is 0.0226. The van der Waals surface area contributed by atoms with E-state index >= 15 is 0 Å². The average molecular weight is 826 g/mol. The van der Waals surface area contributed by atoms with Gasteiger partial charge in [0.25, 0.3) is 23.4 Å². The molecule has 0 bridgehead atoms. The lowest BCUT2D eigenvalue weighted by Gasteiger charge is -2.47. The van der Waals surface area contributed by atoms with Crippen LogP contribution < -0.4 is 35.5 Å². The molecule has 58 heavy (non-hydrogen) atoms. The van der Waals surface area contributed by atoms with Crippen molar-refractivity contribution < 1.29 is 46.9 Å². The lowest BCUT2D eigenvalue weighted by molar-refractivity contribution is -0.169. The number of aliphatic carboxylic acids is 1. The summed E-state index contributed by atoms with van der Waals surface area (Å²) < 4.78 is 49.3. The number of nitrogens with two attached hydrogens (primary N) is 1. The molecule has 3 aromatic rings. The molecular weight excluding hydrogens is 771 g/mol. The summed E-state index contributed by atoms with van der Waals surface area (Å²) in [5, 5.41) is 17.0. The number of aromatic nitrogens is 1. The van der Waals surface area contributed by atoms with E-state index in [1.807, 2.05) is 25.7 Å². The number of pyridine rings is 1. The van der Waals surface area contributed by atoms with Gasteiger partial charge in [0.15, 0.2) is 5.75 Å². The molecule has 6 N–H and O–H groups in total. The molecule has 1 aromatic heterocycles. The molecule has 4 rings (SSSR count). The number of carbonyl (C=O) groups is 4. The van der Waals surface area contributed by atoms with E-state index in [2.05, 4.69) is 20.3 Å². The van der Waals surface area contributed by atoms with E-state index in [9.17, 15) is 32.7 Å². The molecule has 0 fully saturated rings. The van der Waals surface area contributed by atoms with Gasteiger partial charge >= 0.3 is 5.97 Å². The van der Waals surface area contributed by atoms with Crippen molar-refractivity contribution in [3.63, 3.8) is 0 Å². The van der Waals surface area contributed by atoms with Gasteiger partial charge in [0, 0.05) is 57.7 Å². The van der Waals surface area contributed by atoms with Crippen molar-refractivity contribution in [2.24, 2.45) is 5.73 Å². The van der Waals surface area contributed by atoms with Crippen LogP contribution in [0.15, 0.2) is 36.5 Å². The SMILES string of the molecule is CNC(=O)c1cc(Oc2cc(C(C)(C)C)cc3c2N(C)C(OC)(C(=O)O)C3(NS(C)(=O)=O)c2c(C(C)(C)C)cc(C(N)=O)c(OC)c2C(=O)NCCN(C)C)ccn1. The number of anilines is 1. The number of rotatable bonds is 14. The maximum atomic E-state index is 14.8. The fourth-order valence-electron chi connectivity index (χ4n) is 7.37. The highest BCUT2D eigenvalue weighted by molar-refractivity contribution is 7.88. The molecule has 17 nitrogen and oxygen atoms in total. The topological polar surface area (TPSA) is 232 Å². The maximum Gasteiger partial charge on any atom is 0.360 e. The number of carboxylic acid groups (broad SMARTS) is 1. The third-order valence-corrected chi connectivity index (χ3v) is 10.7. The largest absolute Gasteiger partial charge is 0.495 e. The Kier molecular flexibility index (Phi) is 12.6. The van der Waals surface area contributed by atoms with Gasteiger partial charge in [-0.25, -0.2) is 13.2 Å². The summed E-state index contributed by atoms with van der Waals surface area (Å²) in [6.07, 6.45) is 2.23. The number of nitrogens with one attached hydrogen (secondary N) is 3. The second-order valence-corrected chi connectivity index (χ2v) is 18.2. The number of ether oxygens (including phenoxy) is 3. The molecular formula is C40H55N7O10S. The van der Waals surface area contributed by atoms with Crippen molar-refractivity contribution in [3.05, 3.63) is 75.6 Å². The van der Waals surface area contributed by atoms with Crippen LogP contribution >= 0.6 is 0 Å². The Hall–Kier alpha value is -5.30. The summed E-state index contributed by atoms with van der Waals surface area (Å²) in [4.78, 5) is 62.1. The number of hydrogen-bond acceptors (Lipinski definition) is 12. The fourth-order valence-corrected chi connectivity index (χ4v) is 8.28. The molecule has 316 valence electrons. The van der Waals surface area contributed by atoms with E-state index in [0.29, 0.717) is 12.1 Å². The number of methoxy groups -OCH3 is 2. The van der Waals surface area contributed by atoms with Gasteiger partial charge in [0.05, 0.1) is 30.2 Å². The molecule has 0 saturated heterocycles. The molecule has 1 aliphatic rings. The summed E-state index contributed by atoms with van der Waals surface area (Å²) in [7, 11) is 4.29. The molecule has 3 amide bonds. The van der Waals surface area contributed by atoms with E-state index in [1.165, 1.54) is 50.5 Å². The highest BCUT2D eigenvalue weighted by atomic mass is 32.2. The van der Waals surface area contributed by atoms with Gasteiger partial charge in [-0.1, -0.05) is 47.6 Å². The number of benzene rings is 2. The number of hydrogen-bond donors (Lipinski definition) is 5. The van der Waals surface area contributed by atoms with Crippen molar-refractivity contribution in [3.8, 4) is 17.2 Å². The molecule has 2 unspecified atom stereocenters. The molecule has 1 aliphatic heterocycles. The maximum absolute atomic E-state index is 14.8. The van der Waals surface area contributed by atoms with Gasteiger partial charge in [-0.15, -0.1) is 0 Å². The van der Waals surface area contributed by atoms with Crippen molar-refractivity contribution in [1.82, 2.24) is 25.2 Å². The predicted molar refractivity (Wildman–Crippen MR) is 218 cm³/mol. The van der Waals surface area contributed by atoms with Gasteiger partial charge < -0.3 is 45.5 Å². The molecule has 0 aliphatic carbocycles. The fraction of sp³-hybridized carbons (Fsp3) is 0.475. The number of fused-ring (bicyclic) bond motifs is 1. The second-order valence-electron chi connectivity index (χ2n) is 16.4. The van der Waals surface area contributed by atoms with E-state index in [4.69, 9.17) is 19.9 Å². The van der Waals surface area contributed by atoms with Crippen LogP contribution in [-0.2, 0) is 35.9 Å². The Morgan fingerprint density at radius 1 is 1.00 bits per heavy atom. The minimum atomic E-state index is -4.50. The van der Waals surface area contributed by atoms with Crippen LogP contribution in [0, 0.1) is 0 Å². The molecule has 0 spiro atoms. The van der Waals surface area contributed by atoms with Crippen LogP contribution in [0.4, 0.5) is 5.69 Å². The zero-order valence-electron chi connectivity index (χ0n) is 35.3. The summed E-state index contributed by atoms with van der Waals surface area (Å²) in [6.45, 7) is 11.4. The molecule has 2 heterocycles. The van der Waals surface area contributed by atoms with Gasteiger partial charge in [-0.2, -0.15) is 4.72 Å². The number of sulfonamides is 1. The van der Waals surface area contributed by atoms with Crippen LogP contribution in [0.5, 0.6) is 17.2 Å². The monoisotopic (exact) mass is 825 g/mol. The highest BCUT2D eigenvalue weighted by Gasteiger charge is 2.71. The number of carbonyl (C=O) groups excluding carboxylic acids is 3. The number of primary amides is 1. The zero-order valence-corrected chi connectivity index (χ0v) is 36.1. The van der Waals surface area contributed by atoms with E-state index in [0.717, 1.165) is 13.4 Å². The number of carboxylic acids is 1. The number of likely N-dealkylation sites (N-methyl/N-ethyl adjacent to an activating group) is 2. The first-order chi connectivity index (χ1) is 26.7. The second kappa shape index (κ2) is 16.2. The third-order valence-electron chi connectivity index (χ3n) is 10.0. The van der Waals surface area contributed by atoms with Crippen LogP contribution in [0.25, 0.3) is 0 Å². The first-order valence-corrected chi connectivity index (χ1v) is 20.2. The Morgan fingerprint density at radius 3 is 2.12 bits per heavy atom. The summed E-state index contributed by atoms with van der Waals surface area (Å²) >= 11 is 0. The van der Waals surface area contributed by atoms with Crippen molar-refractivity contribution >= 4 is 39.4 Å². The highest BCUT2D eigenvalue weighted by Crippen LogP contribution is 2.61. The van der Waals surface area contributed by atoms with Gasteiger partial charge in [-0.3, -0.25) is 19.4 Å². The van der Waals surface area contributed by atoms with Crippen LogP contribution in [0.2, 0.25) is 0 Å². The number of amides is 3. The van der Waals surface area contributed by atoms with Gasteiger partial charge in [0.2, 0.25) is 10.0 Å².